The Balaban J connectivity index is 1.97. The Labute approximate surface area is 115 Å². The van der Waals surface area contributed by atoms with Gasteiger partial charge >= 0.3 is 0 Å². The minimum Gasteiger partial charge on any atom is -0.508 e. The predicted molar refractivity (Wildman–Crippen MR) is 75.3 cm³/mol. The average molecular weight is 277 g/mol. The fourth-order valence-electron chi connectivity index (χ4n) is 1.58. The number of hydrogen-bond donors (Lipinski definition) is 3. The third-order valence-corrected chi connectivity index (χ3v) is 3.30. The smallest absolute Gasteiger partial charge is 0.227 e. The Morgan fingerprint density at radius 3 is 2.79 bits per heavy atom. The first-order valence-electron chi connectivity index (χ1n) is 5.89. The molecular formula is C13H15N3O2S. The van der Waals surface area contributed by atoms with Crippen LogP contribution in [0.1, 0.15) is 17.7 Å². The van der Waals surface area contributed by atoms with Crippen LogP contribution < -0.4 is 11.1 Å². The van der Waals surface area contributed by atoms with Crippen LogP contribution in [0.25, 0.3) is 0 Å². The molecule has 0 aliphatic heterocycles. The molecule has 1 heterocycles. The van der Waals surface area contributed by atoms with Crippen molar-refractivity contribution < 1.29 is 9.90 Å². The summed E-state index contributed by atoms with van der Waals surface area (Å²) in [5.74, 6) is 0.129. The first kappa shape index (κ1) is 13.5. The summed E-state index contributed by atoms with van der Waals surface area (Å²) in [4.78, 5) is 15.7. The van der Waals surface area contributed by atoms with Crippen molar-refractivity contribution in [3.8, 4) is 5.75 Å². The van der Waals surface area contributed by atoms with E-state index in [9.17, 15) is 9.90 Å². The first-order chi connectivity index (χ1) is 9.17. The number of nitrogens with zero attached hydrogens (tertiary/aromatic N) is 1. The van der Waals surface area contributed by atoms with Crippen LogP contribution in [0.2, 0.25) is 0 Å². The molecule has 0 fully saturated rings. The van der Waals surface area contributed by atoms with Gasteiger partial charge in [0, 0.05) is 24.8 Å². The third kappa shape index (κ3) is 4.04. The summed E-state index contributed by atoms with van der Waals surface area (Å²) in [6, 6.07) is 6.99. The number of nitrogens with one attached hydrogen (secondary N) is 1. The molecular weight excluding hydrogens is 262 g/mol. The highest BCUT2D eigenvalue weighted by Crippen LogP contribution is 2.19. The number of anilines is 1. The fraction of sp³-hybridized carbons (Fsp3) is 0.231. The van der Waals surface area contributed by atoms with Crippen LogP contribution in [0.5, 0.6) is 5.75 Å². The van der Waals surface area contributed by atoms with Gasteiger partial charge in [0.1, 0.15) is 5.75 Å². The van der Waals surface area contributed by atoms with E-state index in [0.717, 1.165) is 11.3 Å². The Morgan fingerprint density at radius 2 is 2.11 bits per heavy atom. The van der Waals surface area contributed by atoms with Crippen molar-refractivity contribution in [2.45, 2.75) is 12.8 Å². The summed E-state index contributed by atoms with van der Waals surface area (Å²) in [6.07, 6.45) is 0.969. The molecule has 100 valence electrons. The SMILES string of the molecule is NCCC(=O)Nc1nc(Cc2ccc(O)cc2)cs1. The Bertz CT molecular complexity index is 551. The van der Waals surface area contributed by atoms with E-state index in [4.69, 9.17) is 5.73 Å². The van der Waals surface area contributed by atoms with Crippen LogP contribution in [0.4, 0.5) is 5.13 Å². The third-order valence-electron chi connectivity index (χ3n) is 2.49. The van der Waals surface area contributed by atoms with E-state index >= 15 is 0 Å². The van der Waals surface area contributed by atoms with Gasteiger partial charge in [-0.1, -0.05) is 12.1 Å². The molecule has 1 amide bonds. The fourth-order valence-corrected chi connectivity index (χ4v) is 2.31. The van der Waals surface area contributed by atoms with E-state index in [1.807, 2.05) is 17.5 Å². The Kier molecular flexibility index (Phi) is 4.48. The zero-order valence-electron chi connectivity index (χ0n) is 10.3. The van der Waals surface area contributed by atoms with Gasteiger partial charge in [0.05, 0.1) is 5.69 Å². The van der Waals surface area contributed by atoms with Crippen molar-refractivity contribution >= 4 is 22.4 Å². The molecule has 0 radical (unpaired) electrons. The van der Waals surface area contributed by atoms with Crippen molar-refractivity contribution in [3.05, 3.63) is 40.9 Å². The van der Waals surface area contributed by atoms with Crippen molar-refractivity contribution in [1.29, 1.82) is 0 Å². The highest BCUT2D eigenvalue weighted by Gasteiger charge is 2.06. The van der Waals surface area contributed by atoms with Crippen LogP contribution in [-0.2, 0) is 11.2 Å². The van der Waals surface area contributed by atoms with Crippen LogP contribution >= 0.6 is 11.3 Å². The molecule has 2 rings (SSSR count). The lowest BCUT2D eigenvalue weighted by Gasteiger charge is -1.99. The lowest BCUT2D eigenvalue weighted by Crippen LogP contribution is -2.16. The lowest BCUT2D eigenvalue weighted by molar-refractivity contribution is -0.116. The number of carbonyl (C=O) groups excluding carboxylic acids is 1. The van der Waals surface area contributed by atoms with Gasteiger partial charge in [-0.25, -0.2) is 4.98 Å². The number of aromatic nitrogens is 1. The zero-order chi connectivity index (χ0) is 13.7. The molecule has 0 aliphatic rings. The number of hydrogen-bond acceptors (Lipinski definition) is 5. The summed E-state index contributed by atoms with van der Waals surface area (Å²) in [7, 11) is 0. The number of benzene rings is 1. The van der Waals surface area contributed by atoms with Gasteiger partial charge in [-0.05, 0) is 17.7 Å². The Morgan fingerprint density at radius 1 is 1.37 bits per heavy atom. The number of nitrogens with two attached hydrogens (primary N) is 1. The molecule has 19 heavy (non-hydrogen) atoms. The van der Waals surface area contributed by atoms with Crippen LogP contribution in [0, 0.1) is 0 Å². The summed E-state index contributed by atoms with van der Waals surface area (Å²) >= 11 is 1.39. The molecule has 4 N–H and O–H groups in total. The van der Waals surface area contributed by atoms with Crippen LogP contribution in [0.3, 0.4) is 0 Å². The summed E-state index contributed by atoms with van der Waals surface area (Å²) < 4.78 is 0. The number of carbonyl (C=O) groups is 1. The molecule has 0 bridgehead atoms. The van der Waals surface area contributed by atoms with Crippen molar-refractivity contribution in [1.82, 2.24) is 4.98 Å². The number of aromatic hydroxyl groups is 1. The van der Waals surface area contributed by atoms with Gasteiger partial charge in [-0.2, -0.15) is 0 Å². The second-order valence-electron chi connectivity index (χ2n) is 4.07. The molecule has 1 aromatic heterocycles. The van der Waals surface area contributed by atoms with E-state index < -0.39 is 0 Å². The molecule has 0 spiro atoms. The average Bonchev–Trinajstić information content (AvgIpc) is 2.80. The van der Waals surface area contributed by atoms with Crippen LogP contribution in [-0.4, -0.2) is 22.5 Å². The van der Waals surface area contributed by atoms with E-state index in [2.05, 4.69) is 10.3 Å². The van der Waals surface area contributed by atoms with E-state index in [1.165, 1.54) is 11.3 Å². The summed E-state index contributed by atoms with van der Waals surface area (Å²) in [5, 5.41) is 14.4. The van der Waals surface area contributed by atoms with Gasteiger partial charge < -0.3 is 16.2 Å². The largest absolute Gasteiger partial charge is 0.508 e. The molecule has 2 aromatic rings. The standard InChI is InChI=1S/C13H15N3O2S/c14-6-5-12(18)16-13-15-10(8-19-13)7-9-1-3-11(17)4-2-9/h1-4,8,17H,5-7,14H2,(H,15,16,18). The summed E-state index contributed by atoms with van der Waals surface area (Å²) in [5.41, 5.74) is 7.25. The van der Waals surface area contributed by atoms with E-state index in [1.54, 1.807) is 12.1 Å². The van der Waals surface area contributed by atoms with E-state index in [0.29, 0.717) is 24.5 Å². The second kappa shape index (κ2) is 6.31. The summed E-state index contributed by atoms with van der Waals surface area (Å²) in [6.45, 7) is 0.331. The monoisotopic (exact) mass is 277 g/mol. The van der Waals surface area contributed by atoms with Gasteiger partial charge in [0.2, 0.25) is 5.91 Å². The molecule has 6 heteroatoms. The molecule has 0 unspecified atom stereocenters. The van der Waals surface area contributed by atoms with Crippen LogP contribution in [0.15, 0.2) is 29.6 Å². The van der Waals surface area contributed by atoms with Gasteiger partial charge in [0.25, 0.3) is 0 Å². The lowest BCUT2D eigenvalue weighted by atomic mass is 10.1. The zero-order valence-corrected chi connectivity index (χ0v) is 11.1. The molecule has 0 aliphatic carbocycles. The quantitative estimate of drug-likeness (QED) is 0.776. The highest BCUT2D eigenvalue weighted by molar-refractivity contribution is 7.13. The number of rotatable bonds is 5. The number of amides is 1. The van der Waals surface area contributed by atoms with Crippen molar-refractivity contribution in [2.24, 2.45) is 5.73 Å². The Hall–Kier alpha value is -1.92. The maximum absolute atomic E-state index is 11.4. The van der Waals surface area contributed by atoms with Gasteiger partial charge in [-0.3, -0.25) is 4.79 Å². The molecule has 5 nitrogen and oxygen atoms in total. The van der Waals surface area contributed by atoms with E-state index in [-0.39, 0.29) is 11.7 Å². The molecule has 1 aromatic carbocycles. The number of phenolic OH excluding ortho intramolecular Hbond substituents is 1. The minimum absolute atomic E-state index is 0.118. The predicted octanol–water partition coefficient (Wildman–Crippen LogP) is 1.73. The molecule has 0 atom stereocenters. The van der Waals surface area contributed by atoms with Crippen molar-refractivity contribution in [2.75, 3.05) is 11.9 Å². The second-order valence-corrected chi connectivity index (χ2v) is 4.93. The number of thiazole rings is 1. The maximum atomic E-state index is 11.4. The normalized spacial score (nSPS) is 10.4. The number of phenols is 1. The molecule has 0 saturated heterocycles. The van der Waals surface area contributed by atoms with Gasteiger partial charge in [-0.15, -0.1) is 11.3 Å². The minimum atomic E-state index is -0.118. The maximum Gasteiger partial charge on any atom is 0.227 e. The first-order valence-corrected chi connectivity index (χ1v) is 6.77. The molecule has 0 saturated carbocycles. The van der Waals surface area contributed by atoms with Crippen molar-refractivity contribution in [3.63, 3.8) is 0 Å². The topological polar surface area (TPSA) is 88.2 Å². The van der Waals surface area contributed by atoms with Gasteiger partial charge in [0.15, 0.2) is 5.13 Å². The highest BCUT2D eigenvalue weighted by atomic mass is 32.1.